The van der Waals surface area contributed by atoms with Crippen LogP contribution in [-0.2, 0) is 12.8 Å². The normalized spacial score (nSPS) is 16.7. The Morgan fingerprint density at radius 1 is 0.857 bits per heavy atom. The van der Waals surface area contributed by atoms with Crippen LogP contribution in [0.5, 0.6) is 23.0 Å². The molecule has 2 aliphatic rings. The second-order valence-corrected chi connectivity index (χ2v) is 9.10. The number of rotatable bonds is 9. The van der Waals surface area contributed by atoms with E-state index >= 15 is 0 Å². The molecule has 3 aromatic carbocycles. The minimum absolute atomic E-state index is 0.0937. The van der Waals surface area contributed by atoms with Gasteiger partial charge in [0.05, 0.1) is 6.04 Å². The number of hydrogen-bond acceptors (Lipinski definition) is 6. The molecule has 35 heavy (non-hydrogen) atoms. The van der Waals surface area contributed by atoms with Crippen molar-refractivity contribution in [3.8, 4) is 23.0 Å². The van der Waals surface area contributed by atoms with Crippen molar-refractivity contribution >= 4 is 5.90 Å². The van der Waals surface area contributed by atoms with Crippen LogP contribution in [0.3, 0.4) is 0 Å². The third-order valence-corrected chi connectivity index (χ3v) is 6.33. The highest BCUT2D eigenvalue weighted by molar-refractivity contribution is 5.74. The Hall–Kier alpha value is -3.51. The van der Waals surface area contributed by atoms with Gasteiger partial charge in [-0.3, -0.25) is 0 Å². The van der Waals surface area contributed by atoms with E-state index < -0.39 is 0 Å². The minimum atomic E-state index is -0.0940. The number of benzene rings is 3. The number of para-hydroxylation sites is 1. The molecule has 0 aromatic heterocycles. The van der Waals surface area contributed by atoms with Gasteiger partial charge in [-0.25, -0.2) is 0 Å². The molecule has 6 nitrogen and oxygen atoms in total. The van der Waals surface area contributed by atoms with E-state index in [1.165, 1.54) is 12.8 Å². The first kappa shape index (κ1) is 23.2. The number of fused-ring (bicyclic) bond motifs is 1. The van der Waals surface area contributed by atoms with Gasteiger partial charge >= 0.3 is 0 Å². The van der Waals surface area contributed by atoms with Gasteiger partial charge in [-0.2, -0.15) is 0 Å². The summed E-state index contributed by atoms with van der Waals surface area (Å²) in [6.07, 6.45) is 3.40. The molecule has 6 heteroatoms. The molecular weight excluding hydrogens is 440 g/mol. The lowest BCUT2D eigenvalue weighted by Crippen LogP contribution is -2.33. The van der Waals surface area contributed by atoms with Crippen molar-refractivity contribution in [1.82, 2.24) is 4.90 Å². The topological polar surface area (TPSA) is 66.3 Å². The van der Waals surface area contributed by atoms with Gasteiger partial charge < -0.3 is 29.2 Å². The van der Waals surface area contributed by atoms with Crippen molar-refractivity contribution in [2.75, 3.05) is 32.8 Å². The van der Waals surface area contributed by atoms with Crippen LogP contribution in [-0.4, -0.2) is 49.7 Å². The van der Waals surface area contributed by atoms with E-state index in [4.69, 9.17) is 14.2 Å². The van der Waals surface area contributed by atoms with Crippen molar-refractivity contribution < 1.29 is 19.3 Å². The summed E-state index contributed by atoms with van der Waals surface area (Å²) in [5.41, 5.74) is 2.04. The van der Waals surface area contributed by atoms with Gasteiger partial charge in [0.15, 0.2) is 11.5 Å². The molecule has 2 aliphatic heterocycles. The first-order chi connectivity index (χ1) is 17.2. The highest BCUT2D eigenvalue weighted by atomic mass is 16.6. The van der Waals surface area contributed by atoms with Crippen LogP contribution in [0.2, 0.25) is 0 Å². The maximum Gasteiger partial charge on any atom is 0.161 e. The van der Waals surface area contributed by atoms with E-state index in [1.54, 1.807) is 0 Å². The Morgan fingerprint density at radius 2 is 1.54 bits per heavy atom. The molecule has 1 atom stereocenters. The average Bonchev–Trinajstić information content (AvgIpc) is 3.39. The molecule has 0 radical (unpaired) electrons. The molecule has 182 valence electrons. The molecule has 0 spiro atoms. The molecule has 0 N–H and O–H groups in total. The predicted octanol–water partition coefficient (Wildman–Crippen LogP) is 4.26. The molecule has 2 heterocycles. The first-order valence-corrected chi connectivity index (χ1v) is 12.4. The lowest BCUT2D eigenvalue weighted by Gasteiger charge is -2.24. The second-order valence-electron chi connectivity index (χ2n) is 9.10. The Balaban J connectivity index is 1.25. The summed E-state index contributed by atoms with van der Waals surface area (Å²) in [6, 6.07) is 23.3. The number of ether oxygens (including phenoxy) is 3. The van der Waals surface area contributed by atoms with Crippen molar-refractivity contribution in [1.29, 1.82) is 0 Å². The Bertz CT molecular complexity index is 1130. The minimum Gasteiger partial charge on any atom is -0.862 e. The highest BCUT2D eigenvalue weighted by Crippen LogP contribution is 2.31. The number of hydrogen-bond donors (Lipinski definition) is 0. The fraction of sp³-hybridized carbons (Fsp3) is 0.345. The molecular formula is C29H31N2O4-. The highest BCUT2D eigenvalue weighted by Gasteiger charge is 2.19. The molecule has 0 bridgehead atoms. The second kappa shape index (κ2) is 11.3. The maximum absolute atomic E-state index is 12.9. The SMILES string of the molecule is [O-]C(Cc1ccc(Oc2ccccc2)cc1)=NC(Cc1ccc2c(c1)OCCO2)CN1CCCC1. The number of nitrogens with zero attached hydrogens (tertiary/aromatic N) is 2. The summed E-state index contributed by atoms with van der Waals surface area (Å²) < 4.78 is 17.2. The van der Waals surface area contributed by atoms with Gasteiger partial charge in [0, 0.05) is 13.0 Å². The monoisotopic (exact) mass is 471 g/mol. The maximum atomic E-state index is 12.9. The molecule has 1 saturated heterocycles. The summed E-state index contributed by atoms with van der Waals surface area (Å²) in [5, 5.41) is 12.9. The van der Waals surface area contributed by atoms with Gasteiger partial charge in [-0.15, -0.1) is 0 Å². The number of aliphatic imine (C=N–C) groups is 1. The first-order valence-electron chi connectivity index (χ1n) is 12.4. The van der Waals surface area contributed by atoms with Gasteiger partial charge in [-0.1, -0.05) is 36.4 Å². The van der Waals surface area contributed by atoms with E-state index in [-0.39, 0.29) is 18.4 Å². The quantitative estimate of drug-likeness (QED) is 0.345. The molecule has 0 amide bonds. The van der Waals surface area contributed by atoms with Gasteiger partial charge in [0.1, 0.15) is 24.7 Å². The zero-order chi connectivity index (χ0) is 23.9. The molecule has 5 rings (SSSR count). The average molecular weight is 472 g/mol. The fourth-order valence-corrected chi connectivity index (χ4v) is 4.62. The van der Waals surface area contributed by atoms with Crippen LogP contribution >= 0.6 is 0 Å². The smallest absolute Gasteiger partial charge is 0.161 e. The molecule has 1 fully saturated rings. The predicted molar refractivity (Wildman–Crippen MR) is 135 cm³/mol. The van der Waals surface area contributed by atoms with Crippen molar-refractivity contribution in [2.24, 2.45) is 4.99 Å². The van der Waals surface area contributed by atoms with E-state index in [2.05, 4.69) is 16.0 Å². The van der Waals surface area contributed by atoms with Crippen molar-refractivity contribution in [3.05, 3.63) is 83.9 Å². The van der Waals surface area contributed by atoms with Crippen LogP contribution in [0.4, 0.5) is 0 Å². The van der Waals surface area contributed by atoms with Gasteiger partial charge in [-0.05, 0) is 85.8 Å². The largest absolute Gasteiger partial charge is 0.862 e. The summed E-state index contributed by atoms with van der Waals surface area (Å²) >= 11 is 0. The fourth-order valence-electron chi connectivity index (χ4n) is 4.62. The Kier molecular flexibility index (Phi) is 7.49. The molecule has 0 saturated carbocycles. The van der Waals surface area contributed by atoms with Crippen LogP contribution in [0.15, 0.2) is 77.8 Å². The van der Waals surface area contributed by atoms with Crippen molar-refractivity contribution in [3.63, 3.8) is 0 Å². The van der Waals surface area contributed by atoms with E-state index in [9.17, 15) is 5.11 Å². The Morgan fingerprint density at radius 3 is 2.31 bits per heavy atom. The van der Waals surface area contributed by atoms with Gasteiger partial charge in [0.2, 0.25) is 0 Å². The van der Waals surface area contributed by atoms with Crippen molar-refractivity contribution in [2.45, 2.75) is 31.7 Å². The molecule has 1 unspecified atom stereocenters. The lowest BCUT2D eigenvalue weighted by atomic mass is 10.0. The third kappa shape index (κ3) is 6.55. The zero-order valence-corrected chi connectivity index (χ0v) is 19.9. The third-order valence-electron chi connectivity index (χ3n) is 6.33. The van der Waals surface area contributed by atoms with Gasteiger partial charge in [0.25, 0.3) is 0 Å². The standard InChI is InChI=1S/C29H32N2O4/c32-29(20-22-8-11-26(12-9-22)35-25-6-2-1-3-7-25)30-24(21-31-14-4-5-15-31)18-23-10-13-27-28(19-23)34-17-16-33-27/h1-3,6-13,19,24H,4-5,14-18,20-21H2,(H,30,32)/p-1. The summed E-state index contributed by atoms with van der Waals surface area (Å²) in [7, 11) is 0. The summed E-state index contributed by atoms with van der Waals surface area (Å²) in [4.78, 5) is 7.06. The van der Waals surface area contributed by atoms with E-state index in [1.807, 2.05) is 66.7 Å². The Labute approximate surface area is 206 Å². The van der Waals surface area contributed by atoms with Crippen LogP contribution in [0.1, 0.15) is 24.0 Å². The zero-order valence-electron chi connectivity index (χ0n) is 19.9. The molecule has 0 aliphatic carbocycles. The molecule has 3 aromatic rings. The summed E-state index contributed by atoms with van der Waals surface area (Å²) in [6.45, 7) is 4.08. The summed E-state index contributed by atoms with van der Waals surface area (Å²) in [5.74, 6) is 3.00. The lowest BCUT2D eigenvalue weighted by molar-refractivity contribution is -0.218. The van der Waals surface area contributed by atoms with Crippen LogP contribution in [0.25, 0.3) is 0 Å². The van der Waals surface area contributed by atoms with E-state index in [0.29, 0.717) is 19.6 Å². The van der Waals surface area contributed by atoms with Crippen LogP contribution < -0.4 is 19.3 Å². The van der Waals surface area contributed by atoms with Crippen LogP contribution in [0, 0.1) is 0 Å². The number of likely N-dealkylation sites (tertiary alicyclic amines) is 1. The van der Waals surface area contributed by atoms with E-state index in [0.717, 1.165) is 53.8 Å².